The van der Waals surface area contributed by atoms with Crippen molar-refractivity contribution in [1.29, 1.82) is 0 Å². The fraction of sp³-hybridized carbons (Fsp3) is 0.320. The van der Waals surface area contributed by atoms with Crippen LogP contribution in [0.4, 0.5) is 0 Å². The molecule has 2 amide bonds. The van der Waals surface area contributed by atoms with Gasteiger partial charge in [0, 0.05) is 18.7 Å². The lowest BCUT2D eigenvalue weighted by Gasteiger charge is -2.31. The molecule has 166 valence electrons. The van der Waals surface area contributed by atoms with Crippen LogP contribution >= 0.6 is 11.8 Å². The van der Waals surface area contributed by atoms with Gasteiger partial charge in [0.15, 0.2) is 5.16 Å². The molecule has 1 saturated heterocycles. The summed E-state index contributed by atoms with van der Waals surface area (Å²) in [5.41, 5.74) is 10.9. The SMILES string of the molecule is Cc1cccc(C)c1-n1c(-c2ccccc2)cnc1SCC(=O)N1CCC[C@@H](C(N)=O)C1. The van der Waals surface area contributed by atoms with Gasteiger partial charge in [0.25, 0.3) is 0 Å². The van der Waals surface area contributed by atoms with Crippen LogP contribution in [-0.2, 0) is 9.59 Å². The Morgan fingerprint density at radius 3 is 2.50 bits per heavy atom. The fourth-order valence-electron chi connectivity index (χ4n) is 4.28. The molecule has 4 rings (SSSR count). The molecule has 1 aliphatic rings. The predicted octanol–water partition coefficient (Wildman–Crippen LogP) is 3.97. The lowest BCUT2D eigenvalue weighted by molar-refractivity contribution is -0.132. The molecule has 2 heterocycles. The van der Waals surface area contributed by atoms with Crippen LogP contribution in [-0.4, -0.2) is 45.1 Å². The zero-order valence-corrected chi connectivity index (χ0v) is 19.3. The van der Waals surface area contributed by atoms with Gasteiger partial charge >= 0.3 is 0 Å². The standard InChI is InChI=1S/C25H28N4O2S/c1-17-8-6-9-18(2)23(17)29-21(19-10-4-3-5-11-19)14-27-25(29)32-16-22(30)28-13-7-12-20(15-28)24(26)31/h3-6,8-11,14,20H,7,12-13,15-16H2,1-2H3,(H2,26,31)/t20-/m1/s1. The molecule has 0 spiro atoms. The number of likely N-dealkylation sites (tertiary alicyclic amines) is 1. The van der Waals surface area contributed by atoms with Gasteiger partial charge in [-0.2, -0.15) is 0 Å². The normalized spacial score (nSPS) is 16.2. The molecule has 0 saturated carbocycles. The van der Waals surface area contributed by atoms with Gasteiger partial charge in [-0.05, 0) is 37.8 Å². The van der Waals surface area contributed by atoms with Crippen molar-refractivity contribution < 1.29 is 9.59 Å². The number of primary amides is 1. The summed E-state index contributed by atoms with van der Waals surface area (Å²) in [6.07, 6.45) is 3.43. The Hall–Kier alpha value is -3.06. The maximum atomic E-state index is 12.9. The Morgan fingerprint density at radius 1 is 1.09 bits per heavy atom. The summed E-state index contributed by atoms with van der Waals surface area (Å²) in [7, 11) is 0. The highest BCUT2D eigenvalue weighted by molar-refractivity contribution is 7.99. The number of carbonyl (C=O) groups excluding carboxylic acids is 2. The Balaban J connectivity index is 1.63. The molecule has 0 unspecified atom stereocenters. The molecule has 1 atom stereocenters. The van der Waals surface area contributed by atoms with Crippen LogP contribution in [0.1, 0.15) is 24.0 Å². The first-order chi connectivity index (χ1) is 15.5. The summed E-state index contributed by atoms with van der Waals surface area (Å²) in [4.78, 5) is 30.9. The largest absolute Gasteiger partial charge is 0.369 e. The van der Waals surface area contributed by atoms with Crippen molar-refractivity contribution in [3.63, 3.8) is 0 Å². The van der Waals surface area contributed by atoms with Crippen molar-refractivity contribution in [2.24, 2.45) is 11.7 Å². The first-order valence-corrected chi connectivity index (χ1v) is 11.8. The van der Waals surface area contributed by atoms with Crippen LogP contribution in [0.25, 0.3) is 16.9 Å². The first kappa shape index (κ1) is 22.1. The van der Waals surface area contributed by atoms with Crippen LogP contribution in [0.5, 0.6) is 0 Å². The minimum Gasteiger partial charge on any atom is -0.369 e. The van der Waals surface area contributed by atoms with Gasteiger partial charge in [0.1, 0.15) is 0 Å². The summed E-state index contributed by atoms with van der Waals surface area (Å²) in [6.45, 7) is 5.27. The van der Waals surface area contributed by atoms with Crippen molar-refractivity contribution >= 4 is 23.6 Å². The molecule has 0 bridgehead atoms. The van der Waals surface area contributed by atoms with Crippen LogP contribution in [0, 0.1) is 19.8 Å². The van der Waals surface area contributed by atoms with Gasteiger partial charge in [-0.3, -0.25) is 14.2 Å². The third-order valence-corrected chi connectivity index (χ3v) is 6.90. The van der Waals surface area contributed by atoms with Crippen molar-refractivity contribution in [3.8, 4) is 16.9 Å². The van der Waals surface area contributed by atoms with Crippen LogP contribution in [0.2, 0.25) is 0 Å². The fourth-order valence-corrected chi connectivity index (χ4v) is 5.16. The maximum Gasteiger partial charge on any atom is 0.233 e. The van der Waals surface area contributed by atoms with E-state index in [9.17, 15) is 9.59 Å². The molecule has 3 aromatic rings. The number of rotatable bonds is 6. The summed E-state index contributed by atoms with van der Waals surface area (Å²) in [5, 5.41) is 0.776. The molecule has 32 heavy (non-hydrogen) atoms. The van der Waals surface area contributed by atoms with Gasteiger partial charge in [0.05, 0.1) is 29.2 Å². The van der Waals surface area contributed by atoms with E-state index in [2.05, 4.69) is 48.7 Å². The van der Waals surface area contributed by atoms with E-state index in [-0.39, 0.29) is 23.5 Å². The zero-order valence-electron chi connectivity index (χ0n) is 18.5. The van der Waals surface area contributed by atoms with E-state index < -0.39 is 0 Å². The quantitative estimate of drug-likeness (QED) is 0.579. The number of aromatic nitrogens is 2. The summed E-state index contributed by atoms with van der Waals surface area (Å²) < 4.78 is 2.15. The number of hydrogen-bond acceptors (Lipinski definition) is 4. The van der Waals surface area contributed by atoms with E-state index in [1.54, 1.807) is 4.90 Å². The summed E-state index contributed by atoms with van der Waals surface area (Å²) in [5.74, 6) is -0.299. The second-order valence-electron chi connectivity index (χ2n) is 8.24. The molecule has 0 aliphatic carbocycles. The van der Waals surface area contributed by atoms with Crippen LogP contribution in [0.3, 0.4) is 0 Å². The van der Waals surface area contributed by atoms with Gasteiger partial charge in [-0.15, -0.1) is 0 Å². The highest BCUT2D eigenvalue weighted by atomic mass is 32.2. The van der Waals surface area contributed by atoms with E-state index >= 15 is 0 Å². The minimum absolute atomic E-state index is 0.0123. The Morgan fingerprint density at radius 2 is 1.81 bits per heavy atom. The highest BCUT2D eigenvalue weighted by Gasteiger charge is 2.27. The zero-order chi connectivity index (χ0) is 22.7. The summed E-state index contributed by atoms with van der Waals surface area (Å²) >= 11 is 1.43. The van der Waals surface area contributed by atoms with E-state index in [1.807, 2.05) is 24.4 Å². The van der Waals surface area contributed by atoms with Crippen LogP contribution in [0.15, 0.2) is 59.9 Å². The number of nitrogens with zero attached hydrogens (tertiary/aromatic N) is 3. The van der Waals surface area contributed by atoms with Gasteiger partial charge in [-0.25, -0.2) is 4.98 Å². The number of para-hydroxylation sites is 1. The number of piperidine rings is 1. The summed E-state index contributed by atoms with van der Waals surface area (Å²) in [6, 6.07) is 16.4. The predicted molar refractivity (Wildman–Crippen MR) is 128 cm³/mol. The number of carbonyl (C=O) groups is 2. The lowest BCUT2D eigenvalue weighted by Crippen LogP contribution is -2.44. The third kappa shape index (κ3) is 4.58. The second kappa shape index (κ2) is 9.61. The van der Waals surface area contributed by atoms with E-state index in [1.165, 1.54) is 11.8 Å². The molecular weight excluding hydrogens is 420 g/mol. The van der Waals surface area contributed by atoms with Crippen molar-refractivity contribution in [1.82, 2.24) is 14.5 Å². The minimum atomic E-state index is -0.326. The van der Waals surface area contributed by atoms with E-state index in [0.717, 1.165) is 46.1 Å². The Bertz CT molecular complexity index is 1110. The van der Waals surface area contributed by atoms with Crippen LogP contribution < -0.4 is 5.73 Å². The third-order valence-electron chi connectivity index (χ3n) is 5.96. The molecule has 7 heteroatoms. The average Bonchev–Trinajstić information content (AvgIpc) is 3.21. The Kier molecular flexibility index (Phi) is 6.65. The number of amides is 2. The van der Waals surface area contributed by atoms with Crippen molar-refractivity contribution in [2.45, 2.75) is 31.8 Å². The number of nitrogens with two attached hydrogens (primary N) is 1. The topological polar surface area (TPSA) is 81.2 Å². The molecule has 2 aromatic carbocycles. The van der Waals surface area contributed by atoms with Gasteiger partial charge in [-0.1, -0.05) is 60.3 Å². The molecule has 0 radical (unpaired) electrons. The molecule has 6 nitrogen and oxygen atoms in total. The number of hydrogen-bond donors (Lipinski definition) is 1. The van der Waals surface area contributed by atoms with Gasteiger partial charge in [0.2, 0.25) is 11.8 Å². The molecule has 1 fully saturated rings. The second-order valence-corrected chi connectivity index (χ2v) is 9.18. The Labute approximate surface area is 192 Å². The molecular formula is C25H28N4O2S. The number of thioether (sulfide) groups is 1. The average molecular weight is 449 g/mol. The number of aryl methyl sites for hydroxylation is 2. The monoisotopic (exact) mass is 448 g/mol. The maximum absolute atomic E-state index is 12.9. The number of benzene rings is 2. The number of imidazole rings is 1. The molecule has 1 aliphatic heterocycles. The van der Waals surface area contributed by atoms with E-state index in [4.69, 9.17) is 10.7 Å². The van der Waals surface area contributed by atoms with Gasteiger partial charge < -0.3 is 10.6 Å². The molecule has 1 aromatic heterocycles. The first-order valence-electron chi connectivity index (χ1n) is 10.9. The van der Waals surface area contributed by atoms with Crippen molar-refractivity contribution in [3.05, 3.63) is 65.9 Å². The van der Waals surface area contributed by atoms with E-state index in [0.29, 0.717) is 13.1 Å². The van der Waals surface area contributed by atoms with Crippen molar-refractivity contribution in [2.75, 3.05) is 18.8 Å². The smallest absolute Gasteiger partial charge is 0.233 e. The highest BCUT2D eigenvalue weighted by Crippen LogP contribution is 2.33. The molecule has 2 N–H and O–H groups in total. The lowest BCUT2D eigenvalue weighted by atomic mass is 9.97.